The van der Waals surface area contributed by atoms with Crippen LogP contribution in [0.1, 0.15) is 24.1 Å². The van der Waals surface area contributed by atoms with E-state index in [2.05, 4.69) is 32.7 Å². The van der Waals surface area contributed by atoms with Crippen molar-refractivity contribution in [2.24, 2.45) is 0 Å². The van der Waals surface area contributed by atoms with Gasteiger partial charge in [0.15, 0.2) is 0 Å². The summed E-state index contributed by atoms with van der Waals surface area (Å²) in [6.07, 6.45) is 0. The van der Waals surface area contributed by atoms with Gasteiger partial charge in [-0.2, -0.15) is 0 Å². The molecule has 1 atom stereocenters. The lowest BCUT2D eigenvalue weighted by Gasteiger charge is -2.17. The van der Waals surface area contributed by atoms with Crippen molar-refractivity contribution in [2.75, 3.05) is 6.54 Å². The molecule has 0 radical (unpaired) electrons. The van der Waals surface area contributed by atoms with Gasteiger partial charge in [0.1, 0.15) is 5.82 Å². The molecule has 0 spiro atoms. The normalized spacial score (nSPS) is 12.6. The van der Waals surface area contributed by atoms with Crippen molar-refractivity contribution in [1.82, 2.24) is 5.32 Å². The zero-order valence-corrected chi connectivity index (χ0v) is 11.8. The first-order chi connectivity index (χ1) is 8.20. The number of rotatable bonds is 4. The van der Waals surface area contributed by atoms with Crippen LogP contribution < -0.4 is 5.32 Å². The predicted molar refractivity (Wildman–Crippen MR) is 73.9 cm³/mol. The number of hydrogen-bond donors (Lipinski definition) is 1. The molecule has 1 N–H and O–H groups in total. The first kappa shape index (κ1) is 12.7. The molecular formula is C13H13BrFNS. The number of benzene rings is 1. The molecule has 1 nitrogen and oxygen atoms in total. The second-order valence-electron chi connectivity index (χ2n) is 3.73. The zero-order valence-electron chi connectivity index (χ0n) is 9.41. The number of thiophene rings is 1. The first-order valence-electron chi connectivity index (χ1n) is 5.43. The van der Waals surface area contributed by atoms with Crippen LogP contribution in [-0.2, 0) is 0 Å². The Bertz CT molecular complexity index is 498. The first-order valence-corrected chi connectivity index (χ1v) is 7.10. The lowest BCUT2D eigenvalue weighted by Crippen LogP contribution is -2.21. The van der Waals surface area contributed by atoms with Crippen molar-refractivity contribution in [2.45, 2.75) is 13.0 Å². The third-order valence-corrected chi connectivity index (χ3v) is 4.03. The van der Waals surface area contributed by atoms with Crippen molar-refractivity contribution in [1.29, 1.82) is 0 Å². The van der Waals surface area contributed by atoms with E-state index in [-0.39, 0.29) is 11.9 Å². The lowest BCUT2D eigenvalue weighted by atomic mass is 10.0. The van der Waals surface area contributed by atoms with Crippen molar-refractivity contribution < 1.29 is 4.39 Å². The molecule has 1 aromatic carbocycles. The highest BCUT2D eigenvalue weighted by Crippen LogP contribution is 2.29. The largest absolute Gasteiger partial charge is 0.307 e. The van der Waals surface area contributed by atoms with Crippen LogP contribution in [0, 0.1) is 5.82 Å². The quantitative estimate of drug-likeness (QED) is 0.885. The van der Waals surface area contributed by atoms with E-state index in [0.29, 0.717) is 0 Å². The van der Waals surface area contributed by atoms with E-state index in [1.807, 2.05) is 13.0 Å². The van der Waals surface area contributed by atoms with Gasteiger partial charge in [-0.3, -0.25) is 0 Å². The van der Waals surface area contributed by atoms with Crippen molar-refractivity contribution >= 4 is 27.3 Å². The Morgan fingerprint density at radius 2 is 2.18 bits per heavy atom. The Morgan fingerprint density at radius 3 is 2.76 bits per heavy atom. The maximum absolute atomic E-state index is 13.3. The zero-order chi connectivity index (χ0) is 12.3. The van der Waals surface area contributed by atoms with Crippen molar-refractivity contribution in [3.05, 3.63) is 56.4 Å². The molecule has 1 aromatic heterocycles. The van der Waals surface area contributed by atoms with E-state index >= 15 is 0 Å². The fourth-order valence-corrected chi connectivity index (χ4v) is 2.99. The summed E-state index contributed by atoms with van der Waals surface area (Å²) >= 11 is 5.10. The predicted octanol–water partition coefficient (Wildman–Crippen LogP) is 4.35. The molecule has 1 unspecified atom stereocenters. The number of hydrogen-bond acceptors (Lipinski definition) is 2. The highest BCUT2D eigenvalue weighted by molar-refractivity contribution is 9.11. The van der Waals surface area contributed by atoms with Gasteiger partial charge >= 0.3 is 0 Å². The number of halogens is 2. The van der Waals surface area contributed by atoms with Gasteiger partial charge in [0.2, 0.25) is 0 Å². The minimum atomic E-state index is -0.195. The molecule has 90 valence electrons. The van der Waals surface area contributed by atoms with Gasteiger partial charge in [-0.1, -0.05) is 19.1 Å². The van der Waals surface area contributed by atoms with E-state index in [4.69, 9.17) is 0 Å². The van der Waals surface area contributed by atoms with Crippen LogP contribution in [0.25, 0.3) is 0 Å². The summed E-state index contributed by atoms with van der Waals surface area (Å²) in [6, 6.07) is 8.87. The fraction of sp³-hybridized carbons (Fsp3) is 0.231. The molecule has 2 rings (SSSR count). The van der Waals surface area contributed by atoms with Crippen molar-refractivity contribution in [3.8, 4) is 0 Å². The smallest absolute Gasteiger partial charge is 0.123 e. The maximum atomic E-state index is 13.3. The lowest BCUT2D eigenvalue weighted by molar-refractivity contribution is 0.604. The SMILES string of the molecule is CCNC(c1cccc(F)c1)c1csc(Br)c1. The molecule has 0 saturated carbocycles. The van der Waals surface area contributed by atoms with Crippen LogP contribution in [0.4, 0.5) is 4.39 Å². The molecule has 2 aromatic rings. The summed E-state index contributed by atoms with van der Waals surface area (Å²) in [5.41, 5.74) is 2.12. The van der Waals surface area contributed by atoms with Gasteiger partial charge < -0.3 is 5.32 Å². The Balaban J connectivity index is 2.35. The molecular weight excluding hydrogens is 301 g/mol. The van der Waals surface area contributed by atoms with Crippen molar-refractivity contribution in [3.63, 3.8) is 0 Å². The third kappa shape index (κ3) is 3.15. The fourth-order valence-electron chi connectivity index (χ4n) is 1.79. The summed E-state index contributed by atoms with van der Waals surface area (Å²) in [4.78, 5) is 0. The summed E-state index contributed by atoms with van der Waals surface area (Å²) < 4.78 is 14.3. The molecule has 4 heteroatoms. The summed E-state index contributed by atoms with van der Waals surface area (Å²) in [5.74, 6) is -0.195. The monoisotopic (exact) mass is 313 g/mol. The Morgan fingerprint density at radius 1 is 1.35 bits per heavy atom. The van der Waals surface area contributed by atoms with Gasteiger partial charge in [-0.05, 0) is 57.2 Å². The number of nitrogens with one attached hydrogen (secondary N) is 1. The maximum Gasteiger partial charge on any atom is 0.123 e. The van der Waals surface area contributed by atoms with E-state index in [1.165, 1.54) is 6.07 Å². The van der Waals surface area contributed by atoms with Crippen LogP contribution in [0.2, 0.25) is 0 Å². The highest BCUT2D eigenvalue weighted by atomic mass is 79.9. The van der Waals surface area contributed by atoms with E-state index in [9.17, 15) is 4.39 Å². The second-order valence-corrected chi connectivity index (χ2v) is 6.02. The molecule has 0 fully saturated rings. The third-order valence-electron chi connectivity index (χ3n) is 2.51. The van der Waals surface area contributed by atoms with Crippen LogP contribution in [-0.4, -0.2) is 6.54 Å². The van der Waals surface area contributed by atoms with Crippen LogP contribution in [0.15, 0.2) is 39.5 Å². The average Bonchev–Trinajstić information content (AvgIpc) is 2.72. The Hall–Kier alpha value is -0.710. The van der Waals surface area contributed by atoms with Gasteiger partial charge in [0.25, 0.3) is 0 Å². The van der Waals surface area contributed by atoms with Gasteiger partial charge in [0, 0.05) is 0 Å². The Kier molecular flexibility index (Phi) is 4.31. The molecule has 0 aliphatic rings. The van der Waals surface area contributed by atoms with E-state index in [0.717, 1.165) is 21.5 Å². The topological polar surface area (TPSA) is 12.0 Å². The van der Waals surface area contributed by atoms with E-state index < -0.39 is 0 Å². The molecule has 0 aliphatic carbocycles. The highest BCUT2D eigenvalue weighted by Gasteiger charge is 2.14. The Labute approximate surface area is 113 Å². The molecule has 0 bridgehead atoms. The summed E-state index contributed by atoms with van der Waals surface area (Å²) in [5, 5.41) is 5.46. The van der Waals surface area contributed by atoms with Crippen LogP contribution in [0.5, 0.6) is 0 Å². The molecule has 0 amide bonds. The van der Waals surface area contributed by atoms with Crippen LogP contribution >= 0.6 is 27.3 Å². The van der Waals surface area contributed by atoms with Gasteiger partial charge in [-0.25, -0.2) is 4.39 Å². The minimum absolute atomic E-state index is 0.0539. The second kappa shape index (κ2) is 5.76. The minimum Gasteiger partial charge on any atom is -0.307 e. The standard InChI is InChI=1S/C13H13BrFNS/c1-2-16-13(10-7-12(14)17-8-10)9-4-3-5-11(15)6-9/h3-8,13,16H,2H2,1H3. The summed E-state index contributed by atoms with van der Waals surface area (Å²) in [6.45, 7) is 2.89. The molecule has 0 saturated heterocycles. The molecule has 0 aliphatic heterocycles. The van der Waals surface area contributed by atoms with Gasteiger partial charge in [-0.15, -0.1) is 11.3 Å². The van der Waals surface area contributed by atoms with Crippen LogP contribution in [0.3, 0.4) is 0 Å². The average molecular weight is 314 g/mol. The summed E-state index contributed by atoms with van der Waals surface area (Å²) in [7, 11) is 0. The molecule has 1 heterocycles. The molecule has 17 heavy (non-hydrogen) atoms. The van der Waals surface area contributed by atoms with Gasteiger partial charge in [0.05, 0.1) is 9.83 Å². The van der Waals surface area contributed by atoms with E-state index in [1.54, 1.807) is 23.5 Å².